The van der Waals surface area contributed by atoms with Crippen LogP contribution in [-0.4, -0.2) is 48.6 Å². The van der Waals surface area contributed by atoms with Crippen molar-refractivity contribution >= 4 is 17.5 Å². The van der Waals surface area contributed by atoms with E-state index in [-0.39, 0.29) is 5.91 Å². The predicted octanol–water partition coefficient (Wildman–Crippen LogP) is -0.114. The third-order valence-electron chi connectivity index (χ3n) is 4.24. The van der Waals surface area contributed by atoms with Gasteiger partial charge in [-0.3, -0.25) is 4.79 Å². The molecule has 1 aliphatic rings. The Hall–Kier alpha value is -2.98. The first-order chi connectivity index (χ1) is 12.2. The number of aromatic nitrogens is 2. The predicted molar refractivity (Wildman–Crippen MR) is 94.2 cm³/mol. The van der Waals surface area contributed by atoms with E-state index in [0.29, 0.717) is 13.0 Å². The van der Waals surface area contributed by atoms with Crippen LogP contribution in [0.25, 0.3) is 0 Å². The summed E-state index contributed by atoms with van der Waals surface area (Å²) in [5, 5.41) is 11.6. The zero-order chi connectivity index (χ0) is 17.5. The van der Waals surface area contributed by atoms with E-state index in [9.17, 15) is 4.79 Å². The largest absolute Gasteiger partial charge is 0.330 e. The second-order valence-electron chi connectivity index (χ2n) is 6.04. The van der Waals surface area contributed by atoms with Crippen molar-refractivity contribution in [2.24, 2.45) is 0 Å². The van der Waals surface area contributed by atoms with Gasteiger partial charge in [0, 0.05) is 18.1 Å². The number of hydrogen-bond donors (Lipinski definition) is 2. The number of carbonyl (C=O) groups is 1. The van der Waals surface area contributed by atoms with Crippen molar-refractivity contribution in [1.29, 1.82) is 5.26 Å². The van der Waals surface area contributed by atoms with Crippen LogP contribution in [0.4, 0.5) is 11.6 Å². The standard InChI is InChI=1S/C18H20N6O/c19-7-6-15-2-4-16(5-3-15)22-17(25)14-23-10-12-24(13-11-23)18-20-8-1-9-21-18/h1-5,8-9H,6,10-14H2,(H,22,25)/p+1. The Labute approximate surface area is 146 Å². The molecule has 1 amide bonds. The van der Waals surface area contributed by atoms with Crippen molar-refractivity contribution in [2.45, 2.75) is 6.42 Å². The second kappa shape index (κ2) is 8.22. The number of carbonyl (C=O) groups excluding carboxylic acids is 1. The molecule has 2 N–H and O–H groups in total. The van der Waals surface area contributed by atoms with Gasteiger partial charge in [0.2, 0.25) is 5.95 Å². The number of quaternary nitrogens is 1. The molecule has 2 aromatic rings. The van der Waals surface area contributed by atoms with Gasteiger partial charge in [0.05, 0.1) is 38.7 Å². The van der Waals surface area contributed by atoms with Crippen LogP contribution in [0.15, 0.2) is 42.7 Å². The third-order valence-corrected chi connectivity index (χ3v) is 4.24. The highest BCUT2D eigenvalue weighted by Crippen LogP contribution is 2.09. The number of nitriles is 1. The smallest absolute Gasteiger partial charge is 0.279 e. The molecule has 0 aliphatic carbocycles. The van der Waals surface area contributed by atoms with Crippen molar-refractivity contribution in [3.63, 3.8) is 0 Å². The minimum atomic E-state index is 0.00689. The lowest BCUT2D eigenvalue weighted by molar-refractivity contribution is -0.892. The molecule has 128 valence electrons. The number of anilines is 2. The number of piperazine rings is 1. The molecule has 1 aliphatic heterocycles. The van der Waals surface area contributed by atoms with Gasteiger partial charge in [0.1, 0.15) is 0 Å². The maximum Gasteiger partial charge on any atom is 0.279 e. The van der Waals surface area contributed by atoms with Crippen LogP contribution in [-0.2, 0) is 11.2 Å². The number of benzene rings is 1. The molecule has 7 heteroatoms. The minimum absolute atomic E-state index is 0.00689. The summed E-state index contributed by atoms with van der Waals surface area (Å²) in [5.41, 5.74) is 1.72. The van der Waals surface area contributed by atoms with Gasteiger partial charge in [0.25, 0.3) is 5.91 Å². The van der Waals surface area contributed by atoms with E-state index in [4.69, 9.17) is 5.26 Å². The van der Waals surface area contributed by atoms with Gasteiger partial charge in [0.15, 0.2) is 6.54 Å². The van der Waals surface area contributed by atoms with Crippen LogP contribution in [0.5, 0.6) is 0 Å². The van der Waals surface area contributed by atoms with E-state index in [0.717, 1.165) is 43.4 Å². The monoisotopic (exact) mass is 337 g/mol. The molecule has 3 rings (SSSR count). The van der Waals surface area contributed by atoms with Crippen LogP contribution in [0.2, 0.25) is 0 Å². The zero-order valence-corrected chi connectivity index (χ0v) is 14.0. The summed E-state index contributed by atoms with van der Waals surface area (Å²) in [6, 6.07) is 11.3. The van der Waals surface area contributed by atoms with Gasteiger partial charge in [-0.15, -0.1) is 0 Å². The molecule has 0 spiro atoms. The van der Waals surface area contributed by atoms with E-state index in [1.165, 1.54) is 4.90 Å². The van der Waals surface area contributed by atoms with Gasteiger partial charge in [-0.25, -0.2) is 9.97 Å². The van der Waals surface area contributed by atoms with E-state index < -0.39 is 0 Å². The molecular formula is C18H21N6O+. The molecule has 1 aromatic heterocycles. The molecule has 0 radical (unpaired) electrons. The Kier molecular flexibility index (Phi) is 5.54. The summed E-state index contributed by atoms with van der Waals surface area (Å²) in [6.07, 6.45) is 3.88. The lowest BCUT2D eigenvalue weighted by atomic mass is 10.1. The molecule has 1 aromatic carbocycles. The first-order valence-corrected chi connectivity index (χ1v) is 8.36. The molecule has 1 saturated heterocycles. The maximum absolute atomic E-state index is 12.2. The minimum Gasteiger partial charge on any atom is -0.330 e. The maximum atomic E-state index is 12.2. The summed E-state index contributed by atoms with van der Waals surface area (Å²) in [7, 11) is 0. The van der Waals surface area contributed by atoms with Gasteiger partial charge in [-0.2, -0.15) is 5.26 Å². The van der Waals surface area contributed by atoms with Gasteiger partial charge in [-0.05, 0) is 23.8 Å². The first-order valence-electron chi connectivity index (χ1n) is 8.36. The first kappa shape index (κ1) is 16.9. The molecule has 0 atom stereocenters. The Bertz CT molecular complexity index is 732. The van der Waals surface area contributed by atoms with Crippen LogP contribution in [0.3, 0.4) is 0 Å². The van der Waals surface area contributed by atoms with Crippen LogP contribution in [0, 0.1) is 11.3 Å². The topological polar surface area (TPSA) is 86.4 Å². The number of nitrogens with one attached hydrogen (secondary N) is 2. The third kappa shape index (κ3) is 4.75. The van der Waals surface area contributed by atoms with Crippen LogP contribution >= 0.6 is 0 Å². The second-order valence-corrected chi connectivity index (χ2v) is 6.04. The number of rotatable bonds is 5. The fourth-order valence-electron chi connectivity index (χ4n) is 2.88. The highest BCUT2D eigenvalue weighted by atomic mass is 16.2. The summed E-state index contributed by atoms with van der Waals surface area (Å²) >= 11 is 0. The van der Waals surface area contributed by atoms with E-state index >= 15 is 0 Å². The Morgan fingerprint density at radius 1 is 1.20 bits per heavy atom. The van der Waals surface area contributed by atoms with Crippen LogP contribution in [0.1, 0.15) is 5.56 Å². The summed E-state index contributed by atoms with van der Waals surface area (Å²) < 4.78 is 0. The Morgan fingerprint density at radius 3 is 2.52 bits per heavy atom. The van der Waals surface area contributed by atoms with E-state index in [2.05, 4.69) is 26.3 Å². The number of nitrogens with zero attached hydrogens (tertiary/aromatic N) is 4. The van der Waals surface area contributed by atoms with Gasteiger partial charge < -0.3 is 15.1 Å². The van der Waals surface area contributed by atoms with Crippen molar-refractivity contribution in [3.05, 3.63) is 48.3 Å². The molecule has 7 nitrogen and oxygen atoms in total. The SMILES string of the molecule is N#CCc1ccc(NC(=O)C[NH+]2CCN(c3ncccn3)CC2)cc1. The molecule has 25 heavy (non-hydrogen) atoms. The quantitative estimate of drug-likeness (QED) is 0.795. The zero-order valence-electron chi connectivity index (χ0n) is 14.0. The van der Waals surface area contributed by atoms with Crippen molar-refractivity contribution in [1.82, 2.24) is 9.97 Å². The molecular weight excluding hydrogens is 316 g/mol. The van der Waals surface area contributed by atoms with E-state index in [1.807, 2.05) is 30.3 Å². The average molecular weight is 337 g/mol. The lowest BCUT2D eigenvalue weighted by Gasteiger charge is -2.31. The molecule has 0 unspecified atom stereocenters. The fourth-order valence-corrected chi connectivity index (χ4v) is 2.88. The summed E-state index contributed by atoms with van der Waals surface area (Å²) in [4.78, 5) is 24.2. The van der Waals surface area contributed by atoms with Crippen molar-refractivity contribution in [3.8, 4) is 6.07 Å². The summed E-state index contributed by atoms with van der Waals surface area (Å²) in [6.45, 7) is 3.90. The lowest BCUT2D eigenvalue weighted by Crippen LogP contribution is -3.15. The average Bonchev–Trinajstić information content (AvgIpc) is 2.65. The van der Waals surface area contributed by atoms with E-state index in [1.54, 1.807) is 12.4 Å². The van der Waals surface area contributed by atoms with Crippen molar-refractivity contribution in [2.75, 3.05) is 42.9 Å². The molecule has 2 heterocycles. The molecule has 1 fully saturated rings. The highest BCUT2D eigenvalue weighted by molar-refractivity contribution is 5.91. The van der Waals surface area contributed by atoms with Gasteiger partial charge >= 0.3 is 0 Å². The molecule has 0 saturated carbocycles. The van der Waals surface area contributed by atoms with Crippen LogP contribution < -0.4 is 15.1 Å². The highest BCUT2D eigenvalue weighted by Gasteiger charge is 2.23. The normalized spacial score (nSPS) is 14.8. The van der Waals surface area contributed by atoms with Crippen molar-refractivity contribution < 1.29 is 9.69 Å². The molecule has 0 bridgehead atoms. The Balaban J connectivity index is 1.45. The number of hydrogen-bond acceptors (Lipinski definition) is 5. The van der Waals surface area contributed by atoms with Gasteiger partial charge in [-0.1, -0.05) is 12.1 Å². The Morgan fingerprint density at radius 2 is 1.88 bits per heavy atom. The summed E-state index contributed by atoms with van der Waals surface area (Å²) in [5.74, 6) is 0.760. The fraction of sp³-hybridized carbons (Fsp3) is 0.333. The number of amides is 1.